The molecule has 0 aromatic carbocycles. The lowest BCUT2D eigenvalue weighted by atomic mass is 9.70. The minimum atomic E-state index is -0.0938. The van der Waals surface area contributed by atoms with Crippen LogP contribution in [0.15, 0.2) is 0 Å². The standard InChI is InChI=1S/C10H18OS/c1-9(2)7-3-4-10(9,6-12)8(11)5-7/h7-8,11-12H,3-6H2,1-2H3/t7?,8?,10-/m0/s1. The van der Waals surface area contributed by atoms with Crippen LogP contribution >= 0.6 is 12.6 Å². The van der Waals surface area contributed by atoms with Crippen LogP contribution in [0.5, 0.6) is 0 Å². The normalized spacial score (nSPS) is 50.0. The van der Waals surface area contributed by atoms with Crippen LogP contribution in [0.1, 0.15) is 33.1 Å². The third-order valence-corrected chi connectivity index (χ3v) is 5.23. The van der Waals surface area contributed by atoms with Crippen LogP contribution in [-0.2, 0) is 0 Å². The Bertz CT molecular complexity index is 202. The van der Waals surface area contributed by atoms with E-state index >= 15 is 0 Å². The molecule has 2 saturated carbocycles. The van der Waals surface area contributed by atoms with Crippen molar-refractivity contribution < 1.29 is 5.11 Å². The highest BCUT2D eigenvalue weighted by molar-refractivity contribution is 7.80. The van der Waals surface area contributed by atoms with Gasteiger partial charge in [-0.1, -0.05) is 13.8 Å². The van der Waals surface area contributed by atoms with Gasteiger partial charge in [0, 0.05) is 5.41 Å². The lowest BCUT2D eigenvalue weighted by molar-refractivity contribution is 0.0171. The van der Waals surface area contributed by atoms with Crippen molar-refractivity contribution in [2.24, 2.45) is 16.7 Å². The lowest BCUT2D eigenvalue weighted by Gasteiger charge is -2.39. The van der Waals surface area contributed by atoms with Crippen LogP contribution in [-0.4, -0.2) is 17.0 Å². The zero-order valence-electron chi connectivity index (χ0n) is 7.88. The molecule has 2 fully saturated rings. The van der Waals surface area contributed by atoms with Gasteiger partial charge in [0.05, 0.1) is 6.10 Å². The first kappa shape index (κ1) is 8.89. The van der Waals surface area contributed by atoms with Gasteiger partial charge in [0.2, 0.25) is 0 Å². The molecule has 0 aromatic heterocycles. The molecule has 0 amide bonds. The smallest absolute Gasteiger partial charge is 0.0612 e. The summed E-state index contributed by atoms with van der Waals surface area (Å²) in [5, 5.41) is 9.96. The van der Waals surface area contributed by atoms with E-state index in [-0.39, 0.29) is 11.5 Å². The fourth-order valence-electron chi connectivity index (χ4n) is 3.41. The van der Waals surface area contributed by atoms with Crippen LogP contribution < -0.4 is 0 Å². The molecule has 70 valence electrons. The third-order valence-electron chi connectivity index (χ3n) is 4.67. The van der Waals surface area contributed by atoms with E-state index in [2.05, 4.69) is 26.5 Å². The van der Waals surface area contributed by atoms with Crippen molar-refractivity contribution in [2.45, 2.75) is 39.2 Å². The van der Waals surface area contributed by atoms with Crippen molar-refractivity contribution in [3.63, 3.8) is 0 Å². The quantitative estimate of drug-likeness (QED) is 0.601. The van der Waals surface area contributed by atoms with Crippen LogP contribution in [0.2, 0.25) is 0 Å². The Morgan fingerprint density at radius 1 is 1.50 bits per heavy atom. The topological polar surface area (TPSA) is 20.2 Å². The number of hydrogen-bond donors (Lipinski definition) is 2. The minimum Gasteiger partial charge on any atom is -0.392 e. The van der Waals surface area contributed by atoms with Gasteiger partial charge in [-0.3, -0.25) is 0 Å². The van der Waals surface area contributed by atoms with Crippen molar-refractivity contribution in [2.75, 3.05) is 5.75 Å². The number of fused-ring (bicyclic) bond motifs is 2. The van der Waals surface area contributed by atoms with E-state index in [1.165, 1.54) is 12.8 Å². The van der Waals surface area contributed by atoms with E-state index in [0.29, 0.717) is 5.41 Å². The summed E-state index contributed by atoms with van der Waals surface area (Å²) >= 11 is 4.42. The van der Waals surface area contributed by atoms with Gasteiger partial charge in [0.1, 0.15) is 0 Å². The number of aliphatic hydroxyl groups excluding tert-OH is 1. The van der Waals surface area contributed by atoms with Crippen LogP contribution in [0.25, 0.3) is 0 Å². The van der Waals surface area contributed by atoms with E-state index in [0.717, 1.165) is 18.1 Å². The Labute approximate surface area is 80.0 Å². The maximum Gasteiger partial charge on any atom is 0.0612 e. The molecule has 12 heavy (non-hydrogen) atoms. The lowest BCUT2D eigenvalue weighted by Crippen LogP contribution is -2.40. The molecule has 0 aliphatic heterocycles. The van der Waals surface area contributed by atoms with Crippen LogP contribution in [0.3, 0.4) is 0 Å². The molecule has 1 N–H and O–H groups in total. The monoisotopic (exact) mass is 186 g/mol. The molecule has 0 spiro atoms. The summed E-state index contributed by atoms with van der Waals surface area (Å²) in [4.78, 5) is 0. The van der Waals surface area contributed by atoms with Gasteiger partial charge in [-0.05, 0) is 36.3 Å². The molecule has 0 heterocycles. The predicted molar refractivity (Wildman–Crippen MR) is 53.4 cm³/mol. The molecular weight excluding hydrogens is 168 g/mol. The number of aliphatic hydroxyl groups is 1. The summed E-state index contributed by atoms with van der Waals surface area (Å²) in [5.41, 5.74) is 0.439. The second-order valence-electron chi connectivity index (χ2n) is 5.02. The van der Waals surface area contributed by atoms with Crippen LogP contribution in [0, 0.1) is 16.7 Å². The molecule has 2 rings (SSSR count). The fraction of sp³-hybridized carbons (Fsp3) is 1.00. The average molecular weight is 186 g/mol. The van der Waals surface area contributed by atoms with Gasteiger partial charge in [0.25, 0.3) is 0 Å². The molecule has 0 aromatic rings. The number of hydrogen-bond acceptors (Lipinski definition) is 2. The highest BCUT2D eigenvalue weighted by Gasteiger charge is 2.62. The van der Waals surface area contributed by atoms with Gasteiger partial charge >= 0.3 is 0 Å². The summed E-state index contributed by atoms with van der Waals surface area (Å²) in [5.74, 6) is 1.58. The molecular formula is C10H18OS. The van der Waals surface area contributed by atoms with E-state index in [4.69, 9.17) is 0 Å². The van der Waals surface area contributed by atoms with Gasteiger partial charge in [-0.25, -0.2) is 0 Å². The van der Waals surface area contributed by atoms with Crippen molar-refractivity contribution >= 4 is 12.6 Å². The number of rotatable bonds is 1. The molecule has 0 saturated heterocycles. The molecule has 2 bridgehead atoms. The molecule has 0 radical (unpaired) electrons. The molecule has 2 heteroatoms. The average Bonchev–Trinajstić information content (AvgIpc) is 2.36. The van der Waals surface area contributed by atoms with Gasteiger partial charge in [-0.2, -0.15) is 12.6 Å². The Hall–Kier alpha value is 0.310. The SMILES string of the molecule is CC1(C)C2CC[C@]1(CS)C(O)C2. The highest BCUT2D eigenvalue weighted by Crippen LogP contribution is 2.65. The van der Waals surface area contributed by atoms with Crippen molar-refractivity contribution in [1.82, 2.24) is 0 Å². The first-order valence-electron chi connectivity index (χ1n) is 4.83. The number of thiol groups is 1. The van der Waals surface area contributed by atoms with Crippen LogP contribution in [0.4, 0.5) is 0 Å². The summed E-state index contributed by atoms with van der Waals surface area (Å²) in [7, 11) is 0. The zero-order valence-corrected chi connectivity index (χ0v) is 8.77. The second kappa shape index (κ2) is 2.42. The predicted octanol–water partition coefficient (Wildman–Crippen LogP) is 2.10. The fourth-order valence-corrected chi connectivity index (χ4v) is 4.19. The minimum absolute atomic E-state index is 0.0938. The summed E-state index contributed by atoms with van der Waals surface area (Å²) in [6, 6.07) is 0. The first-order chi connectivity index (χ1) is 5.54. The summed E-state index contributed by atoms with van der Waals surface area (Å²) in [6.07, 6.45) is 3.39. The third kappa shape index (κ3) is 0.759. The Morgan fingerprint density at radius 3 is 2.42 bits per heavy atom. The molecule has 2 aliphatic rings. The zero-order chi connectivity index (χ0) is 8.98. The Morgan fingerprint density at radius 2 is 2.17 bits per heavy atom. The Balaban J connectivity index is 2.39. The second-order valence-corrected chi connectivity index (χ2v) is 5.34. The summed E-state index contributed by atoms with van der Waals surface area (Å²) < 4.78 is 0. The maximum absolute atomic E-state index is 9.96. The molecule has 2 unspecified atom stereocenters. The summed E-state index contributed by atoms with van der Waals surface area (Å²) in [6.45, 7) is 4.61. The van der Waals surface area contributed by atoms with E-state index in [9.17, 15) is 5.11 Å². The van der Waals surface area contributed by atoms with Crippen molar-refractivity contribution in [1.29, 1.82) is 0 Å². The largest absolute Gasteiger partial charge is 0.392 e. The van der Waals surface area contributed by atoms with E-state index in [1.807, 2.05) is 0 Å². The van der Waals surface area contributed by atoms with E-state index < -0.39 is 0 Å². The van der Waals surface area contributed by atoms with Gasteiger partial charge in [-0.15, -0.1) is 0 Å². The van der Waals surface area contributed by atoms with Gasteiger partial charge < -0.3 is 5.11 Å². The molecule has 1 nitrogen and oxygen atoms in total. The van der Waals surface area contributed by atoms with E-state index in [1.54, 1.807) is 0 Å². The Kier molecular flexibility index (Phi) is 1.79. The molecule has 2 aliphatic carbocycles. The highest BCUT2D eigenvalue weighted by atomic mass is 32.1. The van der Waals surface area contributed by atoms with Crippen molar-refractivity contribution in [3.05, 3.63) is 0 Å². The molecule has 3 atom stereocenters. The maximum atomic E-state index is 9.96. The van der Waals surface area contributed by atoms with Gasteiger partial charge in [0.15, 0.2) is 0 Å². The van der Waals surface area contributed by atoms with Crippen molar-refractivity contribution in [3.8, 4) is 0 Å². The first-order valence-corrected chi connectivity index (χ1v) is 5.47.